The first-order valence-corrected chi connectivity index (χ1v) is 18.5. The van der Waals surface area contributed by atoms with Crippen molar-refractivity contribution in [1.29, 1.82) is 0 Å². The summed E-state index contributed by atoms with van der Waals surface area (Å²) in [6.45, 7) is 4.53. The molecule has 2 aromatic rings. The Balaban J connectivity index is 0.000000571. The van der Waals surface area contributed by atoms with Crippen LogP contribution in [0.3, 0.4) is 0 Å². The molecule has 2 N–H and O–H groups in total. The summed E-state index contributed by atoms with van der Waals surface area (Å²) < 4.78 is 30.7. The first kappa shape index (κ1) is 38.1. The zero-order chi connectivity index (χ0) is 29.0. The molecule has 0 radical (unpaired) electrons. The fourth-order valence-electron chi connectivity index (χ4n) is 4.32. The van der Waals surface area contributed by atoms with E-state index in [9.17, 15) is 13.5 Å². The predicted octanol–water partition coefficient (Wildman–Crippen LogP) is 10.1. The van der Waals surface area contributed by atoms with Crippen LogP contribution in [0.5, 0.6) is 5.75 Å². The van der Waals surface area contributed by atoms with Gasteiger partial charge in [-0.2, -0.15) is 8.42 Å². The first-order valence-electron chi connectivity index (χ1n) is 15.7. The number of aromatic hydroxyl groups is 1. The predicted molar refractivity (Wildman–Crippen MR) is 168 cm³/mol. The van der Waals surface area contributed by atoms with Gasteiger partial charge in [0.05, 0.1) is 4.90 Å². The summed E-state index contributed by atoms with van der Waals surface area (Å²) in [5, 5.41) is 9.58. The zero-order valence-electron chi connectivity index (χ0n) is 25.3. The van der Waals surface area contributed by atoms with E-state index in [1.807, 2.05) is 18.2 Å². The van der Waals surface area contributed by atoms with Gasteiger partial charge in [-0.15, -0.1) is 0 Å². The third-order valence-electron chi connectivity index (χ3n) is 6.79. The van der Waals surface area contributed by atoms with Crippen molar-refractivity contribution < 1.29 is 18.1 Å². The fourth-order valence-corrected chi connectivity index (χ4v) is 5.33. The van der Waals surface area contributed by atoms with Crippen LogP contribution in [0.4, 0.5) is 0 Å². The molecule has 39 heavy (non-hydrogen) atoms. The molecular formula is C33H55NaO4S. The third-order valence-corrected chi connectivity index (χ3v) is 8.36. The largest absolute Gasteiger partial charge is 0.508 e. The van der Waals surface area contributed by atoms with Crippen LogP contribution in [0.1, 0.15) is 129 Å². The summed E-state index contributed by atoms with van der Waals surface area (Å²) in [7, 11) is -4.00. The van der Waals surface area contributed by atoms with E-state index < -0.39 is 10.1 Å². The van der Waals surface area contributed by atoms with Crippen molar-refractivity contribution >= 4 is 38.0 Å². The molecule has 0 saturated carbocycles. The minimum absolute atomic E-state index is 0.0741. The van der Waals surface area contributed by atoms with Crippen molar-refractivity contribution in [3.63, 3.8) is 0 Å². The second-order valence-electron chi connectivity index (χ2n) is 10.5. The Morgan fingerprint density at radius 2 is 1.00 bits per heavy atom. The summed E-state index contributed by atoms with van der Waals surface area (Å²) in [5.74, 6) is 0.452. The summed E-state index contributed by atoms with van der Waals surface area (Å²) >= 11 is 1.41. The number of para-hydroxylation sites is 1. The fraction of sp³-hybridized carbons (Fsp3) is 0.636. The molecule has 218 valence electrons. The third kappa shape index (κ3) is 24.7. The van der Waals surface area contributed by atoms with Gasteiger partial charge in [-0.25, -0.2) is 0 Å². The molecule has 0 bridgehead atoms. The maximum Gasteiger partial charge on any atom is 0.294 e. The number of hydrogen-bond donors (Lipinski definition) is 2. The van der Waals surface area contributed by atoms with Gasteiger partial charge < -0.3 is 5.11 Å². The Morgan fingerprint density at radius 3 is 1.41 bits per heavy atom. The molecule has 0 amide bonds. The van der Waals surface area contributed by atoms with Gasteiger partial charge >= 0.3 is 103 Å². The first-order chi connectivity index (χ1) is 18.9. The molecular weight excluding hydrogens is 515 g/mol. The number of unbranched alkanes of at least 4 members (excludes halogenated alkanes) is 15. The van der Waals surface area contributed by atoms with Crippen molar-refractivity contribution in [2.24, 2.45) is 0 Å². The van der Waals surface area contributed by atoms with E-state index in [0.717, 1.165) is 12.0 Å². The summed E-state index contributed by atoms with van der Waals surface area (Å²) in [6, 6.07) is 15.1. The van der Waals surface area contributed by atoms with E-state index in [1.54, 1.807) is 24.3 Å². The second kappa shape index (κ2) is 27.3. The average Bonchev–Trinajstić information content (AvgIpc) is 2.93. The van der Waals surface area contributed by atoms with Crippen LogP contribution in [-0.2, 0) is 16.5 Å². The molecule has 0 fully saturated rings. The smallest absolute Gasteiger partial charge is 0.294 e. The quantitative estimate of drug-likeness (QED) is 0.100. The normalized spacial score (nSPS) is 10.8. The molecule has 6 heteroatoms. The van der Waals surface area contributed by atoms with Crippen molar-refractivity contribution in [1.82, 2.24) is 0 Å². The summed E-state index contributed by atoms with van der Waals surface area (Å²) in [4.78, 5) is -0.0741. The maximum absolute atomic E-state index is 10.4. The van der Waals surface area contributed by atoms with Gasteiger partial charge in [0.15, 0.2) is 0 Å². The van der Waals surface area contributed by atoms with E-state index >= 15 is 0 Å². The van der Waals surface area contributed by atoms with Crippen molar-refractivity contribution in [3.05, 3.63) is 60.2 Å². The maximum atomic E-state index is 10.4. The van der Waals surface area contributed by atoms with Gasteiger partial charge in [-0.3, -0.25) is 4.55 Å². The number of phenols is 1. The van der Waals surface area contributed by atoms with Gasteiger partial charge in [-0.1, -0.05) is 81.8 Å². The number of benzene rings is 2. The van der Waals surface area contributed by atoms with E-state index in [1.165, 1.54) is 153 Å². The Morgan fingerprint density at radius 1 is 0.590 bits per heavy atom. The SMILES string of the molecule is CCCCCCCCCCC[CH2][Na].CCCCCCCCCc1ccccc1O.O=S(=O)(O)c1ccccc1. The van der Waals surface area contributed by atoms with Crippen LogP contribution >= 0.6 is 0 Å². The van der Waals surface area contributed by atoms with Crippen molar-refractivity contribution in [2.45, 2.75) is 138 Å². The zero-order valence-corrected chi connectivity index (χ0v) is 28.1. The molecule has 0 atom stereocenters. The van der Waals surface area contributed by atoms with Gasteiger partial charge in [0.25, 0.3) is 10.1 Å². The van der Waals surface area contributed by atoms with Crippen LogP contribution in [0, 0.1) is 0 Å². The summed E-state index contributed by atoms with van der Waals surface area (Å²) in [5.41, 5.74) is 1.09. The van der Waals surface area contributed by atoms with Crippen LogP contribution in [0.15, 0.2) is 59.5 Å². The van der Waals surface area contributed by atoms with Crippen LogP contribution in [0.25, 0.3) is 0 Å². The van der Waals surface area contributed by atoms with Gasteiger partial charge in [-0.05, 0) is 36.6 Å². The Kier molecular flexibility index (Phi) is 26.7. The van der Waals surface area contributed by atoms with E-state index in [0.29, 0.717) is 5.75 Å². The van der Waals surface area contributed by atoms with E-state index in [4.69, 9.17) is 4.55 Å². The topological polar surface area (TPSA) is 74.6 Å². The molecule has 0 aromatic heterocycles. The molecule has 2 aromatic carbocycles. The van der Waals surface area contributed by atoms with Crippen LogP contribution < -0.4 is 0 Å². The molecule has 0 heterocycles. The van der Waals surface area contributed by atoms with Gasteiger partial charge in [0.1, 0.15) is 5.75 Å². The minimum Gasteiger partial charge on any atom is -0.508 e. The Bertz CT molecular complexity index is 878. The molecule has 0 unspecified atom stereocenters. The molecule has 0 spiro atoms. The average molecular weight is 571 g/mol. The molecule has 2 rings (SSSR count). The van der Waals surface area contributed by atoms with Crippen LogP contribution in [0.2, 0.25) is 3.67 Å². The van der Waals surface area contributed by atoms with E-state index in [2.05, 4.69) is 13.8 Å². The molecule has 0 saturated heterocycles. The van der Waals surface area contributed by atoms with Crippen LogP contribution in [-0.4, -0.2) is 46.0 Å². The van der Waals surface area contributed by atoms with Crippen molar-refractivity contribution in [3.8, 4) is 5.75 Å². The Hall–Kier alpha value is -0.850. The number of phenolic OH excluding ortho intramolecular Hbond substituents is 1. The number of aryl methyl sites for hydroxylation is 1. The van der Waals surface area contributed by atoms with Gasteiger partial charge in [0, 0.05) is 0 Å². The van der Waals surface area contributed by atoms with Crippen molar-refractivity contribution in [2.75, 3.05) is 0 Å². The molecule has 0 aliphatic heterocycles. The Labute approximate surface area is 258 Å². The number of hydrogen-bond acceptors (Lipinski definition) is 3. The summed E-state index contributed by atoms with van der Waals surface area (Å²) in [6.07, 6.45) is 25.0. The van der Waals surface area contributed by atoms with Gasteiger partial charge in [0.2, 0.25) is 0 Å². The standard InChI is InChI=1S/C15H24O.C12H25.C6H6O3S.Na/c1-2-3-4-5-6-7-8-11-14-12-9-10-13-15(14)16;1-3-5-7-9-11-12-10-8-6-4-2;7-10(8,9)6-4-2-1-3-5-6;/h9-10,12-13,16H,2-8,11H2,1H3;1,3-12H2,2H3;1-5H,(H,7,8,9);. The second-order valence-corrected chi connectivity index (χ2v) is 12.9. The number of rotatable bonds is 19. The molecule has 0 aliphatic rings. The monoisotopic (exact) mass is 570 g/mol. The minimum atomic E-state index is -4.00. The van der Waals surface area contributed by atoms with E-state index in [-0.39, 0.29) is 4.90 Å². The molecule has 0 aliphatic carbocycles. The molecule has 4 nitrogen and oxygen atoms in total.